The van der Waals surface area contributed by atoms with Gasteiger partial charge in [-0.15, -0.1) is 0 Å². The van der Waals surface area contributed by atoms with Crippen molar-refractivity contribution in [2.45, 2.75) is 18.7 Å². The van der Waals surface area contributed by atoms with E-state index in [-0.39, 0.29) is 13.2 Å². The van der Waals surface area contributed by atoms with Gasteiger partial charge in [0.05, 0.1) is 12.1 Å². The van der Waals surface area contributed by atoms with Crippen LogP contribution in [0.4, 0.5) is 18.0 Å². The lowest BCUT2D eigenvalue weighted by molar-refractivity contribution is -0.137. The Kier molecular flexibility index (Phi) is 4.17. The molecule has 1 saturated heterocycles. The maximum absolute atomic E-state index is 12.4. The number of carbonyl (C=O) groups is 1. The molecule has 1 unspecified atom stereocenters. The van der Waals surface area contributed by atoms with Crippen LogP contribution in [0.25, 0.3) is 0 Å². The minimum Gasteiger partial charge on any atom is -0.439 e. The highest BCUT2D eigenvalue weighted by Crippen LogP contribution is 2.32. The largest absolute Gasteiger partial charge is 0.439 e. The predicted octanol–water partition coefficient (Wildman–Crippen LogP) is 2.58. The summed E-state index contributed by atoms with van der Waals surface area (Å²) in [6, 6.07) is 4.58. The molecule has 1 N–H and O–H groups in total. The van der Waals surface area contributed by atoms with Gasteiger partial charge in [-0.3, -0.25) is 0 Å². The van der Waals surface area contributed by atoms with Crippen LogP contribution in [-0.4, -0.2) is 35.8 Å². The molecular formula is C13H14F3NO3. The summed E-state index contributed by atoms with van der Waals surface area (Å²) in [5.74, 6) is 0. The van der Waals surface area contributed by atoms with Gasteiger partial charge in [0.2, 0.25) is 0 Å². The Labute approximate surface area is 113 Å². The van der Waals surface area contributed by atoms with E-state index in [1.165, 1.54) is 17.0 Å². The highest BCUT2D eigenvalue weighted by atomic mass is 19.4. The number of carbonyl (C=O) groups excluding carboxylic acids is 1. The van der Waals surface area contributed by atoms with E-state index in [2.05, 4.69) is 0 Å². The Morgan fingerprint density at radius 1 is 1.30 bits per heavy atom. The number of hydrogen-bond donors (Lipinski definition) is 1. The average molecular weight is 289 g/mol. The van der Waals surface area contributed by atoms with Gasteiger partial charge in [0.15, 0.2) is 0 Å². The molecule has 7 heteroatoms. The number of halogens is 3. The molecule has 0 spiro atoms. The van der Waals surface area contributed by atoms with E-state index in [1.54, 1.807) is 0 Å². The minimum absolute atomic E-state index is 0.0330. The normalized spacial score (nSPS) is 19.3. The Bertz CT molecular complexity index is 473. The van der Waals surface area contributed by atoms with E-state index in [9.17, 15) is 18.0 Å². The van der Waals surface area contributed by atoms with Gasteiger partial charge in [-0.25, -0.2) is 4.79 Å². The molecule has 0 saturated carbocycles. The Morgan fingerprint density at radius 3 is 2.50 bits per heavy atom. The van der Waals surface area contributed by atoms with Crippen LogP contribution in [0, 0.1) is 0 Å². The Balaban J connectivity index is 2.04. The van der Waals surface area contributed by atoms with Crippen molar-refractivity contribution >= 4 is 6.09 Å². The topological polar surface area (TPSA) is 49.8 Å². The lowest BCUT2D eigenvalue weighted by Gasteiger charge is -2.12. The molecule has 1 fully saturated rings. The van der Waals surface area contributed by atoms with Crippen molar-refractivity contribution in [2.24, 2.45) is 0 Å². The lowest BCUT2D eigenvalue weighted by atomic mass is 10.1. The maximum Gasteiger partial charge on any atom is 0.416 e. The first-order valence-electron chi connectivity index (χ1n) is 6.15. The van der Waals surface area contributed by atoms with Crippen molar-refractivity contribution in [3.05, 3.63) is 35.4 Å². The number of rotatable bonds is 4. The summed E-state index contributed by atoms with van der Waals surface area (Å²) >= 11 is 0. The van der Waals surface area contributed by atoms with E-state index in [0.717, 1.165) is 12.1 Å². The fraction of sp³-hybridized carbons (Fsp3) is 0.462. The SMILES string of the molecule is O=C1OC(c2ccc(C(F)(F)F)cc2)CN1CCCO. The highest BCUT2D eigenvalue weighted by Gasteiger charge is 2.33. The minimum atomic E-state index is -4.38. The molecule has 1 heterocycles. The van der Waals surface area contributed by atoms with Crippen LogP contribution >= 0.6 is 0 Å². The first kappa shape index (κ1) is 14.6. The molecule has 1 aliphatic rings. The van der Waals surface area contributed by atoms with Gasteiger partial charge in [0.1, 0.15) is 6.10 Å². The molecule has 0 aromatic heterocycles. The number of amides is 1. The smallest absolute Gasteiger partial charge is 0.416 e. The monoisotopic (exact) mass is 289 g/mol. The second kappa shape index (κ2) is 5.70. The molecule has 4 nitrogen and oxygen atoms in total. The van der Waals surface area contributed by atoms with Crippen LogP contribution in [0.3, 0.4) is 0 Å². The molecule has 1 aromatic rings. The zero-order valence-electron chi connectivity index (χ0n) is 10.6. The summed E-state index contributed by atoms with van der Waals surface area (Å²) in [5.41, 5.74) is -0.208. The summed E-state index contributed by atoms with van der Waals surface area (Å²) in [6.45, 7) is 0.616. The number of benzene rings is 1. The number of nitrogens with zero attached hydrogens (tertiary/aromatic N) is 1. The number of aliphatic hydroxyl groups is 1. The summed E-state index contributed by atoms with van der Waals surface area (Å²) < 4.78 is 42.4. The zero-order chi connectivity index (χ0) is 14.8. The number of aliphatic hydroxyl groups excluding tert-OH is 1. The quantitative estimate of drug-likeness (QED) is 0.927. The molecular weight excluding hydrogens is 275 g/mol. The summed E-state index contributed by atoms with van der Waals surface area (Å²) in [6.07, 6.45) is -5.01. The van der Waals surface area contributed by atoms with Crippen LogP contribution in [0.1, 0.15) is 23.7 Å². The van der Waals surface area contributed by atoms with Crippen molar-refractivity contribution < 1.29 is 27.8 Å². The van der Waals surface area contributed by atoms with Crippen molar-refractivity contribution in [2.75, 3.05) is 19.7 Å². The maximum atomic E-state index is 12.4. The first-order valence-corrected chi connectivity index (χ1v) is 6.15. The van der Waals surface area contributed by atoms with E-state index >= 15 is 0 Å². The highest BCUT2D eigenvalue weighted by molar-refractivity contribution is 5.70. The second-order valence-corrected chi connectivity index (χ2v) is 4.52. The van der Waals surface area contributed by atoms with Crippen molar-refractivity contribution in [1.82, 2.24) is 4.90 Å². The summed E-state index contributed by atoms with van der Waals surface area (Å²) in [4.78, 5) is 13.0. The standard InChI is InChI=1S/C13H14F3NO3/c14-13(15,16)10-4-2-9(3-5-10)11-8-17(6-1-7-18)12(19)20-11/h2-5,11,18H,1,6-8H2. The van der Waals surface area contributed by atoms with Crippen LogP contribution < -0.4 is 0 Å². The Hall–Kier alpha value is -1.76. The molecule has 1 atom stereocenters. The first-order chi connectivity index (χ1) is 9.41. The fourth-order valence-electron chi connectivity index (χ4n) is 2.01. The second-order valence-electron chi connectivity index (χ2n) is 4.52. The van der Waals surface area contributed by atoms with Gasteiger partial charge in [0, 0.05) is 13.2 Å². The van der Waals surface area contributed by atoms with E-state index in [1.807, 2.05) is 0 Å². The molecule has 1 aliphatic heterocycles. The summed E-state index contributed by atoms with van der Waals surface area (Å²) in [7, 11) is 0. The third kappa shape index (κ3) is 3.22. The third-order valence-corrected chi connectivity index (χ3v) is 3.08. The summed E-state index contributed by atoms with van der Waals surface area (Å²) in [5, 5.41) is 8.72. The van der Waals surface area contributed by atoms with Crippen LogP contribution in [0.15, 0.2) is 24.3 Å². The third-order valence-electron chi connectivity index (χ3n) is 3.08. The van der Waals surface area contributed by atoms with Crippen LogP contribution in [0.5, 0.6) is 0 Å². The van der Waals surface area contributed by atoms with Crippen molar-refractivity contribution in [3.8, 4) is 0 Å². The zero-order valence-corrected chi connectivity index (χ0v) is 10.6. The molecule has 110 valence electrons. The molecule has 2 rings (SSSR count). The van der Waals surface area contributed by atoms with Gasteiger partial charge in [-0.1, -0.05) is 12.1 Å². The van der Waals surface area contributed by atoms with E-state index in [0.29, 0.717) is 18.5 Å². The van der Waals surface area contributed by atoms with Crippen molar-refractivity contribution in [1.29, 1.82) is 0 Å². The number of hydrogen-bond acceptors (Lipinski definition) is 3. The van der Waals surface area contributed by atoms with Crippen LogP contribution in [-0.2, 0) is 10.9 Å². The van der Waals surface area contributed by atoms with Gasteiger partial charge >= 0.3 is 12.3 Å². The van der Waals surface area contributed by atoms with E-state index in [4.69, 9.17) is 9.84 Å². The predicted molar refractivity (Wildman–Crippen MR) is 63.9 cm³/mol. The molecule has 1 amide bonds. The van der Waals surface area contributed by atoms with Crippen LogP contribution in [0.2, 0.25) is 0 Å². The Morgan fingerprint density at radius 2 is 1.95 bits per heavy atom. The van der Waals surface area contributed by atoms with E-state index < -0.39 is 23.9 Å². The van der Waals surface area contributed by atoms with Gasteiger partial charge in [0.25, 0.3) is 0 Å². The average Bonchev–Trinajstić information content (AvgIpc) is 2.77. The number of alkyl halides is 3. The number of ether oxygens (including phenoxy) is 1. The van der Waals surface area contributed by atoms with Crippen molar-refractivity contribution in [3.63, 3.8) is 0 Å². The molecule has 1 aromatic carbocycles. The molecule has 0 bridgehead atoms. The van der Waals surface area contributed by atoms with Gasteiger partial charge < -0.3 is 14.7 Å². The fourth-order valence-corrected chi connectivity index (χ4v) is 2.01. The van der Waals surface area contributed by atoms with Gasteiger partial charge in [-0.2, -0.15) is 13.2 Å². The molecule has 0 aliphatic carbocycles. The lowest BCUT2D eigenvalue weighted by Crippen LogP contribution is -2.26. The number of cyclic esters (lactones) is 1. The molecule has 0 radical (unpaired) electrons. The molecule has 20 heavy (non-hydrogen) atoms. The van der Waals surface area contributed by atoms with Gasteiger partial charge in [-0.05, 0) is 24.1 Å².